The van der Waals surface area contributed by atoms with E-state index in [-0.39, 0.29) is 19.3 Å². The Hall–Kier alpha value is -2.16. The van der Waals surface area contributed by atoms with Crippen molar-refractivity contribution < 1.29 is 43.2 Å². The van der Waals surface area contributed by atoms with Crippen LogP contribution >= 0.6 is 0 Å². The molecule has 0 bridgehead atoms. The van der Waals surface area contributed by atoms with Crippen LogP contribution in [0.4, 0.5) is 0 Å². The van der Waals surface area contributed by atoms with Gasteiger partial charge in [-0.1, -0.05) is 20.8 Å². The zero-order valence-electron chi connectivity index (χ0n) is 16.3. The molecule has 0 aromatic carbocycles. The molecule has 0 saturated carbocycles. The molecule has 1 rings (SSSR count). The Bertz CT molecular complexity index is 559. The van der Waals surface area contributed by atoms with Gasteiger partial charge in [-0.05, 0) is 13.8 Å². The van der Waals surface area contributed by atoms with Gasteiger partial charge in [-0.3, -0.25) is 19.2 Å². The first-order valence-corrected chi connectivity index (χ1v) is 9.12. The van der Waals surface area contributed by atoms with Gasteiger partial charge in [0.2, 0.25) is 0 Å². The van der Waals surface area contributed by atoms with Gasteiger partial charge in [0.1, 0.15) is 6.10 Å². The van der Waals surface area contributed by atoms with E-state index >= 15 is 0 Å². The predicted octanol–water partition coefficient (Wildman–Crippen LogP) is 1.46. The Morgan fingerprint density at radius 3 is 1.67 bits per heavy atom. The molecule has 1 aliphatic rings. The fraction of sp³-hybridized carbons (Fsp3) is 0.778. The second kappa shape index (κ2) is 10.2. The van der Waals surface area contributed by atoms with Crippen LogP contribution in [0.15, 0.2) is 0 Å². The van der Waals surface area contributed by atoms with E-state index in [2.05, 4.69) is 0 Å². The zero-order chi connectivity index (χ0) is 20.7. The molecule has 0 aromatic heterocycles. The zero-order valence-corrected chi connectivity index (χ0v) is 16.3. The van der Waals surface area contributed by atoms with Crippen LogP contribution in [-0.4, -0.2) is 59.5 Å². The van der Waals surface area contributed by atoms with E-state index in [1.165, 1.54) is 6.92 Å². The van der Waals surface area contributed by atoms with Gasteiger partial charge in [-0.2, -0.15) is 0 Å². The van der Waals surface area contributed by atoms with Gasteiger partial charge in [0, 0.05) is 19.3 Å². The number of aliphatic carboxylic acids is 1. The quantitative estimate of drug-likeness (QED) is 0.486. The molecule has 154 valence electrons. The van der Waals surface area contributed by atoms with Crippen molar-refractivity contribution in [1.82, 2.24) is 0 Å². The standard InChI is InChI=1S/C18H28O9/c1-6-11(19)25-15-10(5)24-14(9(4)18(22)23)16(26-12(20)7-2)17(15)27-13(21)8-3/h9-10,14-17H,6-8H2,1-5H3,(H,22,23)/t9?,10-,14?,15+,16?,17+/m0/s1. The summed E-state index contributed by atoms with van der Waals surface area (Å²) in [5, 5.41) is 9.38. The molecule has 9 nitrogen and oxygen atoms in total. The second-order valence-corrected chi connectivity index (χ2v) is 6.36. The van der Waals surface area contributed by atoms with Crippen LogP contribution < -0.4 is 0 Å². The van der Waals surface area contributed by atoms with Gasteiger partial charge in [-0.25, -0.2) is 0 Å². The molecule has 0 radical (unpaired) electrons. The number of ether oxygens (including phenoxy) is 4. The largest absolute Gasteiger partial charge is 0.481 e. The lowest BCUT2D eigenvalue weighted by Crippen LogP contribution is -2.62. The molecule has 0 aliphatic carbocycles. The number of carboxylic acids is 1. The summed E-state index contributed by atoms with van der Waals surface area (Å²) < 4.78 is 21.9. The monoisotopic (exact) mass is 388 g/mol. The molecule has 0 spiro atoms. The Kier molecular flexibility index (Phi) is 8.68. The van der Waals surface area contributed by atoms with Crippen molar-refractivity contribution in [3.63, 3.8) is 0 Å². The first-order valence-electron chi connectivity index (χ1n) is 9.12. The topological polar surface area (TPSA) is 125 Å². The summed E-state index contributed by atoms with van der Waals surface area (Å²) in [5.74, 6) is -3.95. The number of hydrogen-bond acceptors (Lipinski definition) is 8. The van der Waals surface area contributed by atoms with E-state index in [4.69, 9.17) is 18.9 Å². The maximum absolute atomic E-state index is 11.9. The number of hydrogen-bond donors (Lipinski definition) is 1. The molecule has 1 aliphatic heterocycles. The highest BCUT2D eigenvalue weighted by atomic mass is 16.6. The highest BCUT2D eigenvalue weighted by molar-refractivity contribution is 5.72. The maximum atomic E-state index is 11.9. The Balaban J connectivity index is 3.31. The van der Waals surface area contributed by atoms with Crippen LogP contribution in [0, 0.1) is 5.92 Å². The number of esters is 3. The minimum Gasteiger partial charge on any atom is -0.481 e. The second-order valence-electron chi connectivity index (χ2n) is 6.36. The van der Waals surface area contributed by atoms with E-state index in [0.29, 0.717) is 0 Å². The van der Waals surface area contributed by atoms with Gasteiger partial charge in [-0.15, -0.1) is 0 Å². The van der Waals surface area contributed by atoms with E-state index in [1.54, 1.807) is 27.7 Å². The Labute approximate surface area is 158 Å². The minimum atomic E-state index is -1.22. The summed E-state index contributed by atoms with van der Waals surface area (Å²) in [6.07, 6.45) is -5.07. The van der Waals surface area contributed by atoms with Gasteiger partial charge < -0.3 is 24.1 Å². The molecule has 1 saturated heterocycles. The number of rotatable bonds is 8. The van der Waals surface area contributed by atoms with Gasteiger partial charge >= 0.3 is 23.9 Å². The van der Waals surface area contributed by atoms with Crippen molar-refractivity contribution in [3.05, 3.63) is 0 Å². The highest BCUT2D eigenvalue weighted by Gasteiger charge is 2.53. The van der Waals surface area contributed by atoms with Crippen LogP contribution in [0.5, 0.6) is 0 Å². The van der Waals surface area contributed by atoms with Gasteiger partial charge in [0.05, 0.1) is 12.0 Å². The fourth-order valence-corrected chi connectivity index (χ4v) is 2.72. The van der Waals surface area contributed by atoms with Crippen LogP contribution in [0.2, 0.25) is 0 Å². The van der Waals surface area contributed by atoms with Crippen molar-refractivity contribution in [2.75, 3.05) is 0 Å². The van der Waals surface area contributed by atoms with Crippen molar-refractivity contribution in [2.45, 2.75) is 84.4 Å². The lowest BCUT2D eigenvalue weighted by molar-refractivity contribution is -0.252. The summed E-state index contributed by atoms with van der Waals surface area (Å²) in [7, 11) is 0. The van der Waals surface area contributed by atoms with E-state index in [9.17, 15) is 24.3 Å². The molecule has 6 atom stereocenters. The van der Waals surface area contributed by atoms with Crippen LogP contribution in [-0.2, 0) is 38.1 Å². The molecule has 1 fully saturated rings. The van der Waals surface area contributed by atoms with Crippen molar-refractivity contribution >= 4 is 23.9 Å². The van der Waals surface area contributed by atoms with Crippen molar-refractivity contribution in [2.24, 2.45) is 5.92 Å². The third kappa shape index (κ3) is 5.92. The summed E-state index contributed by atoms with van der Waals surface area (Å²) in [5.41, 5.74) is 0. The highest BCUT2D eigenvalue weighted by Crippen LogP contribution is 2.32. The lowest BCUT2D eigenvalue weighted by atomic mass is 9.88. The van der Waals surface area contributed by atoms with Crippen LogP contribution in [0.1, 0.15) is 53.9 Å². The van der Waals surface area contributed by atoms with Crippen molar-refractivity contribution in [3.8, 4) is 0 Å². The Morgan fingerprint density at radius 2 is 1.26 bits per heavy atom. The summed E-state index contributed by atoms with van der Waals surface area (Å²) in [6, 6.07) is 0. The maximum Gasteiger partial charge on any atom is 0.309 e. The summed E-state index contributed by atoms with van der Waals surface area (Å²) in [4.78, 5) is 47.1. The predicted molar refractivity (Wildman–Crippen MR) is 91.6 cm³/mol. The van der Waals surface area contributed by atoms with E-state index in [1.807, 2.05) is 0 Å². The molecule has 3 unspecified atom stereocenters. The van der Waals surface area contributed by atoms with Crippen LogP contribution in [0.3, 0.4) is 0 Å². The lowest BCUT2D eigenvalue weighted by Gasteiger charge is -2.45. The minimum absolute atomic E-state index is 0.0358. The molecule has 1 heterocycles. The van der Waals surface area contributed by atoms with Crippen molar-refractivity contribution in [1.29, 1.82) is 0 Å². The Morgan fingerprint density at radius 1 is 0.852 bits per heavy atom. The molecular weight excluding hydrogens is 360 g/mol. The summed E-state index contributed by atoms with van der Waals surface area (Å²) in [6.45, 7) is 7.76. The smallest absolute Gasteiger partial charge is 0.309 e. The molecule has 0 aromatic rings. The average Bonchev–Trinajstić information content (AvgIpc) is 2.64. The SMILES string of the molecule is CCC(=O)OC1C(C(C)C(=O)O)O[C@@H](C)[C@@H](OC(=O)CC)[C@H]1OC(=O)CC. The number of carbonyl (C=O) groups excluding carboxylic acids is 3. The third-order valence-electron chi connectivity index (χ3n) is 4.36. The van der Waals surface area contributed by atoms with Gasteiger partial charge in [0.15, 0.2) is 18.3 Å². The normalized spacial score (nSPS) is 28.7. The molecular formula is C18H28O9. The number of carboxylic acid groups (broad SMARTS) is 1. The average molecular weight is 388 g/mol. The van der Waals surface area contributed by atoms with Gasteiger partial charge in [0.25, 0.3) is 0 Å². The fourth-order valence-electron chi connectivity index (χ4n) is 2.72. The molecule has 27 heavy (non-hydrogen) atoms. The molecule has 0 amide bonds. The first-order chi connectivity index (χ1) is 12.7. The third-order valence-corrected chi connectivity index (χ3v) is 4.36. The molecule has 9 heteroatoms. The molecule has 1 N–H and O–H groups in total. The van der Waals surface area contributed by atoms with E-state index < -0.39 is 60.3 Å². The first kappa shape index (κ1) is 22.9. The van der Waals surface area contributed by atoms with Crippen LogP contribution in [0.25, 0.3) is 0 Å². The number of carbonyl (C=O) groups is 4. The summed E-state index contributed by atoms with van der Waals surface area (Å²) >= 11 is 0. The van der Waals surface area contributed by atoms with E-state index in [0.717, 1.165) is 0 Å².